The second-order valence-electron chi connectivity index (χ2n) is 8.60. The van der Waals surface area contributed by atoms with Crippen LogP contribution < -0.4 is 5.56 Å². The van der Waals surface area contributed by atoms with Crippen LogP contribution in [0.25, 0.3) is 22.4 Å². The zero-order chi connectivity index (χ0) is 22.1. The van der Waals surface area contributed by atoms with Crippen molar-refractivity contribution in [1.82, 2.24) is 24.5 Å². The SMILES string of the molecule is O=C(Cn1cnc2onc(-c3ccc(F)cc3)c2c1=O)N1CCC(N2CCCCC2)CC1. The van der Waals surface area contributed by atoms with E-state index in [1.54, 1.807) is 0 Å². The summed E-state index contributed by atoms with van der Waals surface area (Å²) in [4.78, 5) is 34.6. The lowest BCUT2D eigenvalue weighted by molar-refractivity contribution is -0.133. The Labute approximate surface area is 184 Å². The first-order valence-corrected chi connectivity index (χ1v) is 11.2. The molecule has 168 valence electrons. The third kappa shape index (κ3) is 4.04. The number of halogens is 1. The fourth-order valence-corrected chi connectivity index (χ4v) is 4.81. The molecule has 2 aromatic heterocycles. The zero-order valence-corrected chi connectivity index (χ0v) is 17.9. The normalized spacial score (nSPS) is 18.3. The van der Waals surface area contributed by atoms with E-state index >= 15 is 0 Å². The fraction of sp³-hybridized carbons (Fsp3) is 0.478. The summed E-state index contributed by atoms with van der Waals surface area (Å²) in [6, 6.07) is 6.20. The lowest BCUT2D eigenvalue weighted by Crippen LogP contribution is -2.49. The second-order valence-corrected chi connectivity index (χ2v) is 8.60. The fourth-order valence-electron chi connectivity index (χ4n) is 4.81. The zero-order valence-electron chi connectivity index (χ0n) is 17.9. The average Bonchev–Trinajstić information content (AvgIpc) is 3.27. The largest absolute Gasteiger partial charge is 0.341 e. The molecule has 8 nitrogen and oxygen atoms in total. The lowest BCUT2D eigenvalue weighted by atomic mass is 10.00. The van der Waals surface area contributed by atoms with Crippen molar-refractivity contribution in [2.24, 2.45) is 0 Å². The minimum absolute atomic E-state index is 0.0792. The van der Waals surface area contributed by atoms with Crippen LogP contribution in [0.1, 0.15) is 32.1 Å². The minimum Gasteiger partial charge on any atom is -0.341 e. The maximum atomic E-state index is 13.3. The molecule has 0 atom stereocenters. The van der Waals surface area contributed by atoms with Crippen LogP contribution >= 0.6 is 0 Å². The Bertz CT molecular complexity index is 1160. The molecule has 2 saturated heterocycles. The molecule has 0 aliphatic carbocycles. The van der Waals surface area contributed by atoms with Crippen LogP contribution in [0.4, 0.5) is 4.39 Å². The highest BCUT2D eigenvalue weighted by atomic mass is 19.1. The summed E-state index contributed by atoms with van der Waals surface area (Å²) in [5, 5.41) is 4.14. The molecule has 4 heterocycles. The average molecular weight is 439 g/mol. The van der Waals surface area contributed by atoms with Gasteiger partial charge in [0, 0.05) is 24.7 Å². The molecule has 0 saturated carbocycles. The molecule has 0 spiro atoms. The van der Waals surface area contributed by atoms with Gasteiger partial charge in [0.2, 0.25) is 5.91 Å². The van der Waals surface area contributed by atoms with E-state index in [9.17, 15) is 14.0 Å². The van der Waals surface area contributed by atoms with Gasteiger partial charge in [0.1, 0.15) is 29.8 Å². The Hall–Kier alpha value is -3.07. The molecule has 9 heteroatoms. The topological polar surface area (TPSA) is 84.5 Å². The van der Waals surface area contributed by atoms with Crippen LogP contribution in [-0.4, -0.2) is 62.6 Å². The van der Waals surface area contributed by atoms with Crippen LogP contribution in [0.5, 0.6) is 0 Å². The van der Waals surface area contributed by atoms with Gasteiger partial charge in [-0.05, 0) is 63.0 Å². The number of carbonyl (C=O) groups is 1. The highest BCUT2D eigenvalue weighted by molar-refractivity contribution is 5.88. The maximum absolute atomic E-state index is 13.3. The van der Waals surface area contributed by atoms with E-state index in [-0.39, 0.29) is 29.4 Å². The Balaban J connectivity index is 1.30. The van der Waals surface area contributed by atoms with E-state index in [0.29, 0.717) is 30.4 Å². The summed E-state index contributed by atoms with van der Waals surface area (Å²) in [5.74, 6) is -0.475. The third-order valence-electron chi connectivity index (χ3n) is 6.61. The van der Waals surface area contributed by atoms with Gasteiger partial charge in [0.05, 0.1) is 0 Å². The molecule has 3 aromatic rings. The number of fused-ring (bicyclic) bond motifs is 1. The number of carbonyl (C=O) groups excluding carboxylic acids is 1. The number of likely N-dealkylation sites (tertiary alicyclic amines) is 2. The van der Waals surface area contributed by atoms with Crippen molar-refractivity contribution in [3.8, 4) is 11.3 Å². The van der Waals surface area contributed by atoms with Crippen molar-refractivity contribution < 1.29 is 13.7 Å². The van der Waals surface area contributed by atoms with Crippen LogP contribution in [0.3, 0.4) is 0 Å². The van der Waals surface area contributed by atoms with Gasteiger partial charge in [-0.2, -0.15) is 0 Å². The van der Waals surface area contributed by atoms with Crippen LogP contribution in [-0.2, 0) is 11.3 Å². The molecule has 2 aliphatic heterocycles. The van der Waals surface area contributed by atoms with E-state index in [1.807, 2.05) is 4.90 Å². The van der Waals surface area contributed by atoms with Gasteiger partial charge >= 0.3 is 0 Å². The van der Waals surface area contributed by atoms with Crippen molar-refractivity contribution in [2.75, 3.05) is 26.2 Å². The molecule has 0 radical (unpaired) electrons. The first kappa shape index (κ1) is 20.8. The molecule has 0 N–H and O–H groups in total. The molecule has 2 fully saturated rings. The Morgan fingerprint density at radius 1 is 1.06 bits per heavy atom. The summed E-state index contributed by atoms with van der Waals surface area (Å²) in [6.07, 6.45) is 7.11. The summed E-state index contributed by atoms with van der Waals surface area (Å²) >= 11 is 0. The Morgan fingerprint density at radius 3 is 2.50 bits per heavy atom. The number of nitrogens with zero attached hydrogens (tertiary/aromatic N) is 5. The van der Waals surface area contributed by atoms with Crippen molar-refractivity contribution >= 4 is 17.0 Å². The number of rotatable bonds is 4. The van der Waals surface area contributed by atoms with Gasteiger partial charge < -0.3 is 14.3 Å². The monoisotopic (exact) mass is 439 g/mol. The van der Waals surface area contributed by atoms with Gasteiger partial charge in [0.25, 0.3) is 11.3 Å². The van der Waals surface area contributed by atoms with Crippen LogP contribution in [0.15, 0.2) is 39.9 Å². The van der Waals surface area contributed by atoms with E-state index in [0.717, 1.165) is 25.9 Å². The summed E-state index contributed by atoms with van der Waals surface area (Å²) in [7, 11) is 0. The minimum atomic E-state index is -0.396. The standard InChI is InChI=1S/C23H26FN5O3/c24-17-6-4-16(5-7-17)21-20-22(32-26-21)25-15-29(23(20)31)14-19(30)28-12-8-18(9-13-28)27-10-2-1-3-11-27/h4-7,15,18H,1-3,8-14H2. The molecule has 0 unspecified atom stereocenters. The number of benzene rings is 1. The summed E-state index contributed by atoms with van der Waals surface area (Å²) in [5.41, 5.74) is 0.544. The molecule has 5 rings (SSSR count). The number of hydrogen-bond donors (Lipinski definition) is 0. The number of amides is 1. The highest BCUT2D eigenvalue weighted by Crippen LogP contribution is 2.25. The van der Waals surface area contributed by atoms with Crippen molar-refractivity contribution in [3.05, 3.63) is 46.8 Å². The van der Waals surface area contributed by atoms with Gasteiger partial charge in [-0.1, -0.05) is 11.6 Å². The lowest BCUT2D eigenvalue weighted by Gasteiger charge is -2.40. The predicted octanol–water partition coefficient (Wildman–Crippen LogP) is 2.67. The summed E-state index contributed by atoms with van der Waals surface area (Å²) in [6.45, 7) is 3.66. The van der Waals surface area contributed by atoms with Crippen LogP contribution in [0.2, 0.25) is 0 Å². The van der Waals surface area contributed by atoms with E-state index < -0.39 is 5.56 Å². The molecule has 0 bridgehead atoms. The van der Waals surface area contributed by atoms with E-state index in [2.05, 4.69) is 15.0 Å². The smallest absolute Gasteiger partial charge is 0.267 e. The van der Waals surface area contributed by atoms with Gasteiger partial charge in [-0.15, -0.1) is 0 Å². The first-order chi connectivity index (χ1) is 15.6. The number of aromatic nitrogens is 3. The van der Waals surface area contributed by atoms with Gasteiger partial charge in [-0.25, -0.2) is 9.37 Å². The first-order valence-electron chi connectivity index (χ1n) is 11.2. The van der Waals surface area contributed by atoms with Gasteiger partial charge in [0.15, 0.2) is 0 Å². The number of piperidine rings is 2. The Morgan fingerprint density at radius 2 is 1.78 bits per heavy atom. The van der Waals surface area contributed by atoms with E-state index in [1.165, 1.54) is 54.4 Å². The van der Waals surface area contributed by atoms with Crippen molar-refractivity contribution in [1.29, 1.82) is 0 Å². The molecule has 2 aliphatic rings. The molecule has 1 amide bonds. The highest BCUT2D eigenvalue weighted by Gasteiger charge is 2.28. The molecular formula is C23H26FN5O3. The van der Waals surface area contributed by atoms with Gasteiger partial charge in [-0.3, -0.25) is 14.2 Å². The Kier molecular flexibility index (Phi) is 5.73. The van der Waals surface area contributed by atoms with Crippen molar-refractivity contribution in [3.63, 3.8) is 0 Å². The van der Waals surface area contributed by atoms with E-state index in [4.69, 9.17) is 4.52 Å². The summed E-state index contributed by atoms with van der Waals surface area (Å²) < 4.78 is 19.8. The second kappa shape index (κ2) is 8.82. The molecule has 1 aromatic carbocycles. The molecular weight excluding hydrogens is 413 g/mol. The molecule has 32 heavy (non-hydrogen) atoms. The quantitative estimate of drug-likeness (QED) is 0.622. The van der Waals surface area contributed by atoms with Crippen LogP contribution in [0, 0.1) is 5.82 Å². The number of hydrogen-bond acceptors (Lipinski definition) is 6. The third-order valence-corrected chi connectivity index (χ3v) is 6.61. The maximum Gasteiger partial charge on any atom is 0.267 e. The van der Waals surface area contributed by atoms with Crippen molar-refractivity contribution in [2.45, 2.75) is 44.7 Å². The predicted molar refractivity (Wildman–Crippen MR) is 116 cm³/mol.